The van der Waals surface area contributed by atoms with Crippen molar-refractivity contribution in [2.75, 3.05) is 7.11 Å². The van der Waals surface area contributed by atoms with Crippen LogP contribution in [-0.2, 0) is 17.9 Å². The van der Waals surface area contributed by atoms with E-state index in [2.05, 4.69) is 5.32 Å². The zero-order valence-electron chi connectivity index (χ0n) is 15.0. The number of nitro groups is 1. The average Bonchev–Trinajstić information content (AvgIpc) is 2.64. The van der Waals surface area contributed by atoms with Crippen LogP contribution in [0.2, 0.25) is 0 Å². The number of nitrogens with one attached hydrogen (secondary N) is 1. The van der Waals surface area contributed by atoms with Gasteiger partial charge in [-0.15, -0.1) is 0 Å². The highest BCUT2D eigenvalue weighted by Crippen LogP contribution is 2.24. The van der Waals surface area contributed by atoms with E-state index in [9.17, 15) is 14.9 Å². The fraction of sp³-hybridized carbons (Fsp3) is 0.316. The van der Waals surface area contributed by atoms with E-state index in [0.29, 0.717) is 6.61 Å². The molecule has 2 rings (SSSR count). The molecule has 0 radical (unpaired) electrons. The molecule has 0 aromatic heterocycles. The normalized spacial score (nSPS) is 10.6. The molecule has 26 heavy (non-hydrogen) atoms. The minimum Gasteiger partial charge on any atom is -0.496 e. The molecule has 7 nitrogen and oxygen atoms in total. The van der Waals surface area contributed by atoms with Gasteiger partial charge in [0.1, 0.15) is 5.75 Å². The van der Waals surface area contributed by atoms with E-state index < -0.39 is 10.8 Å². The second-order valence-corrected chi connectivity index (χ2v) is 5.95. The molecule has 0 atom stereocenters. The van der Waals surface area contributed by atoms with Gasteiger partial charge in [0, 0.05) is 18.7 Å². The van der Waals surface area contributed by atoms with Gasteiger partial charge in [-0.3, -0.25) is 14.9 Å². The molecule has 138 valence electrons. The van der Waals surface area contributed by atoms with E-state index in [1.165, 1.54) is 25.3 Å². The third-order valence-corrected chi connectivity index (χ3v) is 3.77. The summed E-state index contributed by atoms with van der Waals surface area (Å²) in [6.45, 7) is 4.64. The fourth-order valence-electron chi connectivity index (χ4n) is 2.38. The summed E-state index contributed by atoms with van der Waals surface area (Å²) in [7, 11) is 1.41. The molecule has 0 fully saturated rings. The van der Waals surface area contributed by atoms with E-state index in [1.54, 1.807) is 0 Å². The van der Waals surface area contributed by atoms with Crippen LogP contribution in [0.5, 0.6) is 5.75 Å². The maximum atomic E-state index is 12.5. The van der Waals surface area contributed by atoms with Crippen molar-refractivity contribution in [3.63, 3.8) is 0 Å². The SMILES string of the molecule is COc1ccc([N+](=O)[O-])cc1C(=O)NCc1ccccc1COC(C)C. The lowest BCUT2D eigenvalue weighted by Gasteiger charge is -2.13. The summed E-state index contributed by atoms with van der Waals surface area (Å²) >= 11 is 0. The number of amides is 1. The lowest BCUT2D eigenvalue weighted by Crippen LogP contribution is -2.24. The summed E-state index contributed by atoms with van der Waals surface area (Å²) in [6, 6.07) is 11.6. The largest absolute Gasteiger partial charge is 0.496 e. The summed E-state index contributed by atoms with van der Waals surface area (Å²) in [6.07, 6.45) is 0.103. The number of ether oxygens (including phenoxy) is 2. The predicted molar refractivity (Wildman–Crippen MR) is 97.2 cm³/mol. The number of methoxy groups -OCH3 is 1. The smallest absolute Gasteiger partial charge is 0.270 e. The van der Waals surface area contributed by atoms with Crippen LogP contribution in [0.1, 0.15) is 35.3 Å². The first-order valence-electron chi connectivity index (χ1n) is 8.21. The summed E-state index contributed by atoms with van der Waals surface area (Å²) in [5.74, 6) is -0.158. The number of hydrogen-bond donors (Lipinski definition) is 1. The van der Waals surface area contributed by atoms with Gasteiger partial charge in [-0.1, -0.05) is 24.3 Å². The maximum Gasteiger partial charge on any atom is 0.270 e. The quantitative estimate of drug-likeness (QED) is 0.576. The first-order valence-corrected chi connectivity index (χ1v) is 8.21. The van der Waals surface area contributed by atoms with Crippen LogP contribution in [0.4, 0.5) is 5.69 Å². The van der Waals surface area contributed by atoms with Crippen molar-refractivity contribution in [1.29, 1.82) is 0 Å². The zero-order chi connectivity index (χ0) is 19.1. The molecule has 0 saturated heterocycles. The van der Waals surface area contributed by atoms with Crippen LogP contribution < -0.4 is 10.1 Å². The number of rotatable bonds is 8. The van der Waals surface area contributed by atoms with Crippen molar-refractivity contribution in [2.45, 2.75) is 33.1 Å². The Morgan fingerprint density at radius 1 is 1.19 bits per heavy atom. The van der Waals surface area contributed by atoms with Crippen molar-refractivity contribution in [1.82, 2.24) is 5.32 Å². The van der Waals surface area contributed by atoms with Crippen LogP contribution in [0.15, 0.2) is 42.5 Å². The average molecular weight is 358 g/mol. The Bertz CT molecular complexity index is 789. The molecule has 0 bridgehead atoms. The van der Waals surface area contributed by atoms with Crippen molar-refractivity contribution in [3.05, 3.63) is 69.3 Å². The first-order chi connectivity index (χ1) is 12.4. The van der Waals surface area contributed by atoms with Crippen molar-refractivity contribution in [3.8, 4) is 5.75 Å². The summed E-state index contributed by atoms with van der Waals surface area (Å²) in [5.41, 5.74) is 1.86. The zero-order valence-corrected chi connectivity index (χ0v) is 15.0. The van der Waals surface area contributed by atoms with Crippen LogP contribution >= 0.6 is 0 Å². The van der Waals surface area contributed by atoms with Crippen LogP contribution in [0.3, 0.4) is 0 Å². The summed E-state index contributed by atoms with van der Waals surface area (Å²) in [4.78, 5) is 22.9. The van der Waals surface area contributed by atoms with Crippen molar-refractivity contribution < 1.29 is 19.2 Å². The molecule has 0 heterocycles. The summed E-state index contributed by atoms with van der Waals surface area (Å²) < 4.78 is 10.8. The third kappa shape index (κ3) is 5.03. The van der Waals surface area contributed by atoms with E-state index in [-0.39, 0.29) is 29.6 Å². The van der Waals surface area contributed by atoms with E-state index in [4.69, 9.17) is 9.47 Å². The second-order valence-electron chi connectivity index (χ2n) is 5.95. The first kappa shape index (κ1) is 19.4. The van der Waals surface area contributed by atoms with Gasteiger partial charge in [-0.05, 0) is 31.0 Å². The molecule has 2 aromatic rings. The van der Waals surface area contributed by atoms with Gasteiger partial charge in [0.25, 0.3) is 11.6 Å². The Hall–Kier alpha value is -2.93. The Kier molecular flexibility index (Phi) is 6.68. The van der Waals surface area contributed by atoms with Gasteiger partial charge in [-0.2, -0.15) is 0 Å². The maximum absolute atomic E-state index is 12.5. The molecule has 2 aromatic carbocycles. The van der Waals surface area contributed by atoms with Gasteiger partial charge in [0.2, 0.25) is 0 Å². The molecule has 0 spiro atoms. The van der Waals surface area contributed by atoms with Crippen molar-refractivity contribution in [2.24, 2.45) is 0 Å². The molecule has 0 aliphatic rings. The summed E-state index contributed by atoms with van der Waals surface area (Å²) in [5, 5.41) is 13.7. The Morgan fingerprint density at radius 2 is 1.88 bits per heavy atom. The van der Waals surface area contributed by atoms with E-state index in [1.807, 2.05) is 38.1 Å². The van der Waals surface area contributed by atoms with Crippen LogP contribution in [0, 0.1) is 10.1 Å². The van der Waals surface area contributed by atoms with Gasteiger partial charge in [0.15, 0.2) is 0 Å². The van der Waals surface area contributed by atoms with Gasteiger partial charge < -0.3 is 14.8 Å². The highest BCUT2D eigenvalue weighted by Gasteiger charge is 2.17. The van der Waals surface area contributed by atoms with Gasteiger partial charge >= 0.3 is 0 Å². The fourth-order valence-corrected chi connectivity index (χ4v) is 2.38. The standard InChI is InChI=1S/C19H22N2O5/c1-13(2)26-12-15-7-5-4-6-14(15)11-20-19(22)17-10-16(21(23)24)8-9-18(17)25-3/h4-10,13H,11-12H2,1-3H3,(H,20,22). The number of carbonyl (C=O) groups excluding carboxylic acids is 1. The molecule has 1 N–H and O–H groups in total. The number of nitro benzene ring substituents is 1. The number of hydrogen-bond acceptors (Lipinski definition) is 5. The molecule has 0 aliphatic heterocycles. The molecule has 0 saturated carbocycles. The number of benzene rings is 2. The van der Waals surface area contributed by atoms with E-state index >= 15 is 0 Å². The van der Waals surface area contributed by atoms with Gasteiger partial charge in [0.05, 0.1) is 30.3 Å². The lowest BCUT2D eigenvalue weighted by molar-refractivity contribution is -0.384. The van der Waals surface area contributed by atoms with E-state index in [0.717, 1.165) is 11.1 Å². The molecular formula is C19H22N2O5. The number of nitrogens with zero attached hydrogens (tertiary/aromatic N) is 1. The Labute approximate surface area is 152 Å². The molecule has 0 aliphatic carbocycles. The monoisotopic (exact) mass is 358 g/mol. The van der Waals surface area contributed by atoms with Gasteiger partial charge in [-0.25, -0.2) is 0 Å². The molecule has 1 amide bonds. The Morgan fingerprint density at radius 3 is 2.50 bits per heavy atom. The van der Waals surface area contributed by atoms with Crippen LogP contribution in [0.25, 0.3) is 0 Å². The second kappa shape index (κ2) is 8.96. The molecular weight excluding hydrogens is 336 g/mol. The third-order valence-electron chi connectivity index (χ3n) is 3.77. The lowest BCUT2D eigenvalue weighted by atomic mass is 10.1. The van der Waals surface area contributed by atoms with Crippen LogP contribution in [-0.4, -0.2) is 24.0 Å². The number of non-ortho nitro benzene ring substituents is 1. The Balaban J connectivity index is 2.14. The topological polar surface area (TPSA) is 90.7 Å². The predicted octanol–water partition coefficient (Wildman–Crippen LogP) is 3.46. The number of carbonyl (C=O) groups is 1. The highest BCUT2D eigenvalue weighted by atomic mass is 16.6. The van der Waals surface area contributed by atoms with Crippen molar-refractivity contribution >= 4 is 11.6 Å². The molecule has 7 heteroatoms. The minimum absolute atomic E-state index is 0.103. The highest BCUT2D eigenvalue weighted by molar-refractivity contribution is 5.97. The minimum atomic E-state index is -0.547. The molecule has 0 unspecified atom stereocenters.